The molecule has 0 spiro atoms. The van der Waals surface area contributed by atoms with Gasteiger partial charge in [0.05, 0.1) is 6.61 Å². The second-order valence-corrected chi connectivity index (χ2v) is 6.88. The van der Waals surface area contributed by atoms with E-state index in [9.17, 15) is 0 Å². The van der Waals surface area contributed by atoms with E-state index in [1.807, 2.05) is 18.2 Å². The first-order valence-corrected chi connectivity index (χ1v) is 9.12. The van der Waals surface area contributed by atoms with Crippen LogP contribution in [-0.4, -0.2) is 13.7 Å². The van der Waals surface area contributed by atoms with Crippen LogP contribution in [0.1, 0.15) is 22.3 Å². The molecule has 138 valence electrons. The predicted molar refractivity (Wildman–Crippen MR) is 114 cm³/mol. The van der Waals surface area contributed by atoms with Crippen molar-refractivity contribution in [3.63, 3.8) is 0 Å². The maximum Gasteiger partial charge on any atom is 0.130 e. The van der Waals surface area contributed by atoms with Crippen LogP contribution in [0.2, 0.25) is 0 Å². The molecular weight excluding hydrogens is 332 g/mol. The van der Waals surface area contributed by atoms with Crippen LogP contribution in [0.3, 0.4) is 0 Å². The summed E-state index contributed by atoms with van der Waals surface area (Å²) >= 11 is 0. The van der Waals surface area contributed by atoms with Crippen molar-refractivity contribution in [1.82, 2.24) is 0 Å². The zero-order valence-corrected chi connectivity index (χ0v) is 16.5. The second-order valence-electron chi connectivity index (χ2n) is 6.88. The van der Waals surface area contributed by atoms with E-state index < -0.39 is 0 Å². The van der Waals surface area contributed by atoms with Gasteiger partial charge in [0.1, 0.15) is 11.5 Å². The van der Waals surface area contributed by atoms with Crippen molar-refractivity contribution in [2.45, 2.75) is 20.8 Å². The molecule has 0 aliphatic rings. The Morgan fingerprint density at radius 2 is 1.59 bits per heavy atom. The third-order valence-electron chi connectivity index (χ3n) is 4.76. The fourth-order valence-corrected chi connectivity index (χ4v) is 3.23. The predicted octanol–water partition coefficient (Wildman–Crippen LogP) is 6.73. The maximum atomic E-state index is 6.28. The molecule has 0 saturated heterocycles. The van der Waals surface area contributed by atoms with Crippen LogP contribution in [0.15, 0.2) is 67.2 Å². The summed E-state index contributed by atoms with van der Waals surface area (Å²) < 4.78 is 11.6. The number of ether oxygens (including phenoxy) is 2. The van der Waals surface area contributed by atoms with Crippen LogP contribution < -0.4 is 4.74 Å². The first kappa shape index (κ1) is 18.9. The minimum absolute atomic E-state index is 0.509. The molecule has 0 aliphatic heterocycles. The molecule has 0 bridgehead atoms. The van der Waals surface area contributed by atoms with E-state index in [2.05, 4.69) is 69.8 Å². The highest BCUT2D eigenvalue weighted by Crippen LogP contribution is 2.36. The van der Waals surface area contributed by atoms with Crippen LogP contribution >= 0.6 is 0 Å². The summed E-state index contributed by atoms with van der Waals surface area (Å²) in [5.74, 6) is 1.76. The Morgan fingerprint density at radius 3 is 2.37 bits per heavy atom. The molecule has 0 heterocycles. The lowest BCUT2D eigenvalue weighted by Crippen LogP contribution is -1.97. The highest BCUT2D eigenvalue weighted by atomic mass is 16.5. The zero-order valence-electron chi connectivity index (χ0n) is 16.5. The van der Waals surface area contributed by atoms with E-state index in [0.717, 1.165) is 44.9 Å². The van der Waals surface area contributed by atoms with E-state index in [0.29, 0.717) is 6.61 Å². The van der Waals surface area contributed by atoms with Gasteiger partial charge in [-0.25, -0.2) is 0 Å². The van der Waals surface area contributed by atoms with Gasteiger partial charge in [-0.15, -0.1) is 0 Å². The van der Waals surface area contributed by atoms with Gasteiger partial charge in [0.15, 0.2) is 0 Å². The van der Waals surface area contributed by atoms with Gasteiger partial charge in [0.25, 0.3) is 0 Å². The Balaban J connectivity index is 2.04. The van der Waals surface area contributed by atoms with Gasteiger partial charge >= 0.3 is 0 Å². The Kier molecular flexibility index (Phi) is 5.78. The summed E-state index contributed by atoms with van der Waals surface area (Å²) in [4.78, 5) is 0. The number of aryl methyl sites for hydroxylation is 2. The third-order valence-corrected chi connectivity index (χ3v) is 4.76. The molecule has 2 nitrogen and oxygen atoms in total. The van der Waals surface area contributed by atoms with Gasteiger partial charge in [-0.05, 0) is 71.9 Å². The molecular formula is C25H26O2. The van der Waals surface area contributed by atoms with Crippen molar-refractivity contribution in [2.75, 3.05) is 13.7 Å². The molecule has 0 fully saturated rings. The molecule has 0 saturated carbocycles. The minimum Gasteiger partial charge on any atom is -0.457 e. The first-order chi connectivity index (χ1) is 13.0. The molecule has 0 aromatic heterocycles. The summed E-state index contributed by atoms with van der Waals surface area (Å²) in [6.45, 7) is 10.9. The lowest BCUT2D eigenvalue weighted by atomic mass is 9.92. The highest BCUT2D eigenvalue weighted by molar-refractivity contribution is 5.83. The summed E-state index contributed by atoms with van der Waals surface area (Å²) in [5.41, 5.74) is 7.77. The van der Waals surface area contributed by atoms with Gasteiger partial charge in [-0.1, -0.05) is 55.1 Å². The summed E-state index contributed by atoms with van der Waals surface area (Å²) in [7, 11) is 1.69. The van der Waals surface area contributed by atoms with Crippen molar-refractivity contribution < 1.29 is 9.47 Å². The molecule has 0 atom stereocenters. The van der Waals surface area contributed by atoms with Crippen molar-refractivity contribution >= 4 is 5.57 Å². The molecule has 2 heteroatoms. The standard InChI is InChI=1S/C25H26O2/c1-17-13-14-18(2)25(15-17)27-24-12-8-11-22(20(24)4)23-10-7-6-9-21(23)19(3)16-26-5/h6-15H,3,16H2,1-2,4-5H3. The molecule has 3 aromatic carbocycles. The zero-order chi connectivity index (χ0) is 19.4. The molecule has 27 heavy (non-hydrogen) atoms. The Morgan fingerprint density at radius 1 is 0.852 bits per heavy atom. The third kappa shape index (κ3) is 4.12. The van der Waals surface area contributed by atoms with E-state index in [1.165, 1.54) is 5.56 Å². The summed E-state index contributed by atoms with van der Waals surface area (Å²) in [6, 6.07) is 20.8. The maximum absolute atomic E-state index is 6.28. The van der Waals surface area contributed by atoms with Crippen molar-refractivity contribution in [3.8, 4) is 22.6 Å². The van der Waals surface area contributed by atoms with E-state index in [-0.39, 0.29) is 0 Å². The van der Waals surface area contributed by atoms with Gasteiger partial charge in [-0.3, -0.25) is 0 Å². The summed E-state index contributed by atoms with van der Waals surface area (Å²) in [6.07, 6.45) is 0. The fraction of sp³-hybridized carbons (Fsp3) is 0.200. The lowest BCUT2D eigenvalue weighted by molar-refractivity contribution is 0.240. The van der Waals surface area contributed by atoms with E-state index in [1.54, 1.807) is 7.11 Å². The van der Waals surface area contributed by atoms with E-state index >= 15 is 0 Å². The monoisotopic (exact) mass is 358 g/mol. The average Bonchev–Trinajstić information content (AvgIpc) is 2.66. The van der Waals surface area contributed by atoms with Crippen molar-refractivity contribution in [1.29, 1.82) is 0 Å². The van der Waals surface area contributed by atoms with Crippen molar-refractivity contribution in [3.05, 3.63) is 89.5 Å². The van der Waals surface area contributed by atoms with Crippen LogP contribution in [-0.2, 0) is 4.74 Å². The van der Waals surface area contributed by atoms with Gasteiger partial charge in [0.2, 0.25) is 0 Å². The first-order valence-electron chi connectivity index (χ1n) is 9.12. The Hall–Kier alpha value is -2.84. The molecule has 0 N–H and O–H groups in total. The number of hydrogen-bond acceptors (Lipinski definition) is 2. The molecule has 3 aromatic rings. The average molecular weight is 358 g/mol. The smallest absolute Gasteiger partial charge is 0.130 e. The topological polar surface area (TPSA) is 18.5 Å². The van der Waals surface area contributed by atoms with Crippen LogP contribution in [0.25, 0.3) is 16.7 Å². The molecule has 0 amide bonds. The fourth-order valence-electron chi connectivity index (χ4n) is 3.23. The number of rotatable bonds is 6. The number of methoxy groups -OCH3 is 1. The van der Waals surface area contributed by atoms with Gasteiger partial charge in [-0.2, -0.15) is 0 Å². The normalized spacial score (nSPS) is 10.7. The quantitative estimate of drug-likeness (QED) is 0.486. The highest BCUT2D eigenvalue weighted by Gasteiger charge is 2.13. The molecule has 0 aliphatic carbocycles. The SMILES string of the molecule is C=C(COC)c1ccccc1-c1cccc(Oc2cc(C)ccc2C)c1C. The van der Waals surface area contributed by atoms with Crippen LogP contribution in [0, 0.1) is 20.8 Å². The number of hydrogen-bond donors (Lipinski definition) is 0. The van der Waals surface area contributed by atoms with Crippen LogP contribution in [0.5, 0.6) is 11.5 Å². The molecule has 3 rings (SSSR count). The Labute approximate surface area is 162 Å². The Bertz CT molecular complexity index is 970. The van der Waals surface area contributed by atoms with Gasteiger partial charge in [0, 0.05) is 7.11 Å². The molecule has 0 radical (unpaired) electrons. The second kappa shape index (κ2) is 8.24. The molecule has 0 unspecified atom stereocenters. The lowest BCUT2D eigenvalue weighted by Gasteiger charge is -2.17. The summed E-state index contributed by atoms with van der Waals surface area (Å²) in [5, 5.41) is 0. The minimum atomic E-state index is 0.509. The van der Waals surface area contributed by atoms with Crippen LogP contribution in [0.4, 0.5) is 0 Å². The van der Waals surface area contributed by atoms with E-state index in [4.69, 9.17) is 9.47 Å². The number of benzene rings is 3. The van der Waals surface area contributed by atoms with Gasteiger partial charge < -0.3 is 9.47 Å². The largest absolute Gasteiger partial charge is 0.457 e. The van der Waals surface area contributed by atoms with Crippen molar-refractivity contribution in [2.24, 2.45) is 0 Å².